The average molecular weight is 201 g/mol. The highest BCUT2D eigenvalue weighted by Gasteiger charge is 2.05. The van der Waals surface area contributed by atoms with Crippen molar-refractivity contribution in [3.63, 3.8) is 0 Å². The number of hydrogen-bond donors (Lipinski definition) is 0. The van der Waals surface area contributed by atoms with Crippen molar-refractivity contribution in [2.75, 3.05) is 7.11 Å². The minimum Gasteiger partial charge on any atom is -0.497 e. The molecule has 15 heavy (non-hydrogen) atoms. The Balaban J connectivity index is 2.66. The van der Waals surface area contributed by atoms with Crippen LogP contribution in [0.25, 0.3) is 16.9 Å². The van der Waals surface area contributed by atoms with E-state index in [0.717, 1.165) is 16.8 Å². The molecule has 0 amide bonds. The molecule has 0 aliphatic carbocycles. The van der Waals surface area contributed by atoms with Gasteiger partial charge in [0.25, 0.3) is 0 Å². The van der Waals surface area contributed by atoms with Gasteiger partial charge in [-0.15, -0.1) is 0 Å². The molecule has 0 aliphatic heterocycles. The second kappa shape index (κ2) is 3.57. The fourth-order valence-electron chi connectivity index (χ4n) is 1.40. The summed E-state index contributed by atoms with van der Waals surface area (Å²) in [6, 6.07) is 5.64. The first-order valence-corrected chi connectivity index (χ1v) is 4.43. The summed E-state index contributed by atoms with van der Waals surface area (Å²) in [7, 11) is 1.63. The molecule has 1 heterocycles. The van der Waals surface area contributed by atoms with Gasteiger partial charge in [0.05, 0.1) is 18.1 Å². The van der Waals surface area contributed by atoms with E-state index in [4.69, 9.17) is 4.74 Å². The summed E-state index contributed by atoms with van der Waals surface area (Å²) in [4.78, 5) is 8.00. The summed E-state index contributed by atoms with van der Waals surface area (Å²) in [5.74, 6) is 1.33. The van der Waals surface area contributed by atoms with Crippen LogP contribution in [0, 0.1) is 0 Å². The largest absolute Gasteiger partial charge is 0.497 e. The van der Waals surface area contributed by atoms with Gasteiger partial charge in [0, 0.05) is 6.07 Å². The van der Waals surface area contributed by atoms with Crippen molar-refractivity contribution >= 4 is 23.6 Å². The van der Waals surface area contributed by atoms with Gasteiger partial charge < -0.3 is 4.74 Å². The Morgan fingerprint density at radius 3 is 3.00 bits per heavy atom. The number of aliphatic imine (C=N–C) groups is 1. The minimum absolute atomic E-state index is 0.547. The van der Waals surface area contributed by atoms with Crippen LogP contribution in [0.4, 0.5) is 0 Å². The molecule has 0 spiro atoms. The Morgan fingerprint density at radius 1 is 1.53 bits per heavy atom. The van der Waals surface area contributed by atoms with Crippen LogP contribution in [-0.2, 0) is 0 Å². The molecule has 76 valence electrons. The molecular weight excluding hydrogens is 190 g/mol. The lowest BCUT2D eigenvalue weighted by Gasteiger charge is -2.03. The molecule has 0 saturated carbocycles. The fourth-order valence-corrected chi connectivity index (χ4v) is 1.40. The number of methoxy groups -OCH3 is 1. The standard InChI is InChI=1S/C11H11N3O/c1-8(12-2)14-7-13-10-5-4-9(15-3)6-11(10)14/h4-7H,1-2H2,3H3. The first kappa shape index (κ1) is 9.45. The summed E-state index contributed by atoms with van der Waals surface area (Å²) in [5.41, 5.74) is 1.78. The predicted octanol–water partition coefficient (Wildman–Crippen LogP) is 2.17. The highest BCUT2D eigenvalue weighted by atomic mass is 16.5. The molecule has 0 fully saturated rings. The summed E-state index contributed by atoms with van der Waals surface area (Å²) < 4.78 is 6.91. The van der Waals surface area contributed by atoms with Crippen molar-refractivity contribution < 1.29 is 4.74 Å². The molecule has 0 atom stereocenters. The molecule has 4 nitrogen and oxygen atoms in total. The number of imidazole rings is 1. The van der Waals surface area contributed by atoms with Crippen molar-refractivity contribution in [2.45, 2.75) is 0 Å². The molecule has 2 aromatic rings. The van der Waals surface area contributed by atoms with Gasteiger partial charge in [-0.1, -0.05) is 6.58 Å². The summed E-state index contributed by atoms with van der Waals surface area (Å²) in [5, 5.41) is 0. The molecule has 2 rings (SSSR count). The minimum atomic E-state index is 0.547. The number of aromatic nitrogens is 2. The first-order valence-electron chi connectivity index (χ1n) is 4.43. The SMILES string of the molecule is C=NC(=C)n1cnc2ccc(OC)cc21. The van der Waals surface area contributed by atoms with E-state index in [2.05, 4.69) is 23.3 Å². The van der Waals surface area contributed by atoms with Gasteiger partial charge in [-0.3, -0.25) is 4.57 Å². The lowest BCUT2D eigenvalue weighted by molar-refractivity contribution is 0.415. The van der Waals surface area contributed by atoms with Crippen LogP contribution in [0.3, 0.4) is 0 Å². The molecule has 0 bridgehead atoms. The van der Waals surface area contributed by atoms with E-state index in [0.29, 0.717) is 5.82 Å². The van der Waals surface area contributed by atoms with Crippen LogP contribution in [0.2, 0.25) is 0 Å². The van der Waals surface area contributed by atoms with Crippen LogP contribution < -0.4 is 4.74 Å². The number of ether oxygens (including phenoxy) is 1. The summed E-state index contributed by atoms with van der Waals surface area (Å²) in [6.45, 7) is 7.21. The van der Waals surface area contributed by atoms with E-state index in [1.54, 1.807) is 18.0 Å². The molecule has 0 N–H and O–H groups in total. The Kier molecular flexibility index (Phi) is 2.25. The van der Waals surface area contributed by atoms with Crippen molar-refractivity contribution in [1.29, 1.82) is 0 Å². The van der Waals surface area contributed by atoms with Crippen LogP contribution >= 0.6 is 0 Å². The maximum Gasteiger partial charge on any atom is 0.130 e. The van der Waals surface area contributed by atoms with Gasteiger partial charge in [0.15, 0.2) is 0 Å². The number of nitrogens with zero attached hydrogens (tertiary/aromatic N) is 3. The van der Waals surface area contributed by atoms with Gasteiger partial charge >= 0.3 is 0 Å². The Morgan fingerprint density at radius 2 is 2.33 bits per heavy atom. The van der Waals surface area contributed by atoms with Crippen LogP contribution in [0.15, 0.2) is 36.1 Å². The smallest absolute Gasteiger partial charge is 0.130 e. The number of fused-ring (bicyclic) bond motifs is 1. The van der Waals surface area contributed by atoms with Crippen molar-refractivity contribution in [3.05, 3.63) is 31.1 Å². The zero-order chi connectivity index (χ0) is 10.8. The third-order valence-electron chi connectivity index (χ3n) is 2.22. The molecule has 0 aliphatic rings. The highest BCUT2D eigenvalue weighted by molar-refractivity contribution is 5.80. The molecule has 0 unspecified atom stereocenters. The van der Waals surface area contributed by atoms with E-state index < -0.39 is 0 Å². The quantitative estimate of drug-likeness (QED) is 0.714. The Labute approximate surface area is 87.5 Å². The third kappa shape index (κ3) is 1.50. The Bertz CT molecular complexity index is 528. The average Bonchev–Trinajstić information content (AvgIpc) is 2.70. The molecular formula is C11H11N3O. The third-order valence-corrected chi connectivity index (χ3v) is 2.22. The van der Waals surface area contributed by atoms with Crippen LogP contribution in [0.5, 0.6) is 5.75 Å². The fraction of sp³-hybridized carbons (Fsp3) is 0.0909. The lowest BCUT2D eigenvalue weighted by Crippen LogP contribution is -1.91. The number of rotatable bonds is 3. The van der Waals surface area contributed by atoms with E-state index in [1.807, 2.05) is 18.2 Å². The summed E-state index contributed by atoms with van der Waals surface area (Å²) >= 11 is 0. The van der Waals surface area contributed by atoms with Crippen LogP contribution in [-0.4, -0.2) is 23.4 Å². The Hall–Kier alpha value is -2.10. The first-order chi connectivity index (χ1) is 7.26. The van der Waals surface area contributed by atoms with Gasteiger partial charge in [0.2, 0.25) is 0 Å². The lowest BCUT2D eigenvalue weighted by atomic mass is 10.3. The zero-order valence-electron chi connectivity index (χ0n) is 8.47. The van der Waals surface area contributed by atoms with Crippen molar-refractivity contribution in [1.82, 2.24) is 9.55 Å². The van der Waals surface area contributed by atoms with E-state index in [9.17, 15) is 0 Å². The zero-order valence-corrected chi connectivity index (χ0v) is 8.47. The molecule has 0 saturated heterocycles. The van der Waals surface area contributed by atoms with Gasteiger partial charge in [0.1, 0.15) is 17.9 Å². The molecule has 4 heteroatoms. The normalized spacial score (nSPS) is 10.2. The highest BCUT2D eigenvalue weighted by Crippen LogP contribution is 2.21. The maximum atomic E-state index is 5.14. The van der Waals surface area contributed by atoms with E-state index in [1.165, 1.54) is 0 Å². The van der Waals surface area contributed by atoms with Gasteiger partial charge in [-0.05, 0) is 18.9 Å². The topological polar surface area (TPSA) is 39.4 Å². The molecule has 1 aromatic heterocycles. The monoisotopic (exact) mass is 201 g/mol. The maximum absolute atomic E-state index is 5.14. The van der Waals surface area contributed by atoms with Crippen molar-refractivity contribution in [3.8, 4) is 5.75 Å². The number of benzene rings is 1. The molecule has 1 aromatic carbocycles. The van der Waals surface area contributed by atoms with E-state index in [-0.39, 0.29) is 0 Å². The number of hydrogen-bond acceptors (Lipinski definition) is 3. The summed E-state index contributed by atoms with van der Waals surface area (Å²) in [6.07, 6.45) is 1.67. The predicted molar refractivity (Wildman–Crippen MR) is 61.2 cm³/mol. The van der Waals surface area contributed by atoms with Gasteiger partial charge in [-0.25, -0.2) is 9.98 Å². The van der Waals surface area contributed by atoms with Crippen molar-refractivity contribution in [2.24, 2.45) is 4.99 Å². The molecule has 0 radical (unpaired) electrons. The second-order valence-electron chi connectivity index (χ2n) is 3.04. The second-order valence-corrected chi connectivity index (χ2v) is 3.04. The van der Waals surface area contributed by atoms with E-state index >= 15 is 0 Å². The van der Waals surface area contributed by atoms with Crippen LogP contribution in [0.1, 0.15) is 0 Å². The van der Waals surface area contributed by atoms with Gasteiger partial charge in [-0.2, -0.15) is 0 Å².